The van der Waals surface area contributed by atoms with Gasteiger partial charge in [-0.2, -0.15) is 4.98 Å². The number of aryl methyl sites for hydroxylation is 1. The molecule has 2 aromatic heterocycles. The lowest BCUT2D eigenvalue weighted by Gasteiger charge is -2.35. The third-order valence-electron chi connectivity index (χ3n) is 4.03. The molecule has 7 nitrogen and oxygen atoms in total. The first kappa shape index (κ1) is 16.6. The first-order chi connectivity index (χ1) is 11.5. The number of nitrogens with one attached hydrogen (secondary N) is 1. The molecule has 0 aromatic carbocycles. The van der Waals surface area contributed by atoms with Gasteiger partial charge in [-0.05, 0) is 38.8 Å². The molecular weight excluding hydrogens is 308 g/mol. The van der Waals surface area contributed by atoms with E-state index in [1.807, 2.05) is 26.0 Å². The summed E-state index contributed by atoms with van der Waals surface area (Å²) in [6, 6.07) is 3.79. The second-order valence-electron chi connectivity index (χ2n) is 6.61. The Morgan fingerprint density at radius 3 is 2.92 bits per heavy atom. The zero-order chi connectivity index (χ0) is 17.0. The number of aromatic nitrogens is 3. The fourth-order valence-corrected chi connectivity index (χ4v) is 2.85. The van der Waals surface area contributed by atoms with E-state index in [1.165, 1.54) is 0 Å². The maximum Gasteiger partial charge on any atom is 0.227 e. The number of hydrogen-bond acceptors (Lipinski definition) is 6. The third-order valence-corrected chi connectivity index (χ3v) is 4.03. The molecule has 1 N–H and O–H groups in total. The van der Waals surface area contributed by atoms with Crippen LogP contribution in [0, 0.1) is 0 Å². The Hall–Kier alpha value is -2.28. The van der Waals surface area contributed by atoms with Crippen molar-refractivity contribution in [3.05, 3.63) is 30.4 Å². The van der Waals surface area contributed by atoms with Gasteiger partial charge in [0.2, 0.25) is 17.6 Å². The van der Waals surface area contributed by atoms with Gasteiger partial charge in [0, 0.05) is 43.4 Å². The summed E-state index contributed by atoms with van der Waals surface area (Å²) in [7, 11) is 0. The summed E-state index contributed by atoms with van der Waals surface area (Å²) >= 11 is 0. The number of ether oxygens (including phenoxy) is 1. The average molecular weight is 330 g/mol. The highest BCUT2D eigenvalue weighted by Gasteiger charge is 2.29. The van der Waals surface area contributed by atoms with E-state index in [-0.39, 0.29) is 17.6 Å². The lowest BCUT2D eigenvalue weighted by molar-refractivity contribution is -0.124. The molecule has 3 rings (SSSR count). The minimum atomic E-state index is -0.178. The first-order valence-corrected chi connectivity index (χ1v) is 8.18. The fourth-order valence-electron chi connectivity index (χ4n) is 2.85. The highest BCUT2D eigenvalue weighted by molar-refractivity contribution is 5.76. The molecule has 1 amide bonds. The summed E-state index contributed by atoms with van der Waals surface area (Å²) in [5, 5.41) is 7.00. The molecule has 1 aliphatic rings. The normalized spacial score (nSPS) is 19.8. The molecule has 0 unspecified atom stereocenters. The van der Waals surface area contributed by atoms with Gasteiger partial charge in [-0.25, -0.2) is 0 Å². The van der Waals surface area contributed by atoms with Crippen LogP contribution < -0.4 is 5.32 Å². The topological polar surface area (TPSA) is 90.1 Å². The maximum absolute atomic E-state index is 12.1. The maximum atomic E-state index is 12.1. The van der Waals surface area contributed by atoms with E-state index in [0.717, 1.165) is 18.4 Å². The van der Waals surface area contributed by atoms with Crippen molar-refractivity contribution in [3.63, 3.8) is 0 Å². The largest absolute Gasteiger partial charge is 0.375 e. The van der Waals surface area contributed by atoms with E-state index in [9.17, 15) is 4.79 Å². The fraction of sp³-hybridized carbons (Fsp3) is 0.529. The van der Waals surface area contributed by atoms with Crippen molar-refractivity contribution in [2.24, 2.45) is 0 Å². The quantitative estimate of drug-likeness (QED) is 0.903. The molecule has 0 radical (unpaired) electrons. The van der Waals surface area contributed by atoms with Crippen LogP contribution in [0.2, 0.25) is 0 Å². The number of nitrogens with zero attached hydrogens (tertiary/aromatic N) is 3. The predicted molar refractivity (Wildman–Crippen MR) is 87.0 cm³/mol. The molecule has 0 saturated carbocycles. The van der Waals surface area contributed by atoms with Crippen molar-refractivity contribution >= 4 is 5.91 Å². The van der Waals surface area contributed by atoms with E-state index in [0.29, 0.717) is 31.2 Å². The van der Waals surface area contributed by atoms with Gasteiger partial charge in [-0.3, -0.25) is 9.78 Å². The zero-order valence-electron chi connectivity index (χ0n) is 14.0. The Morgan fingerprint density at radius 1 is 1.38 bits per heavy atom. The lowest BCUT2D eigenvalue weighted by atomic mass is 9.94. The highest BCUT2D eigenvalue weighted by Crippen LogP contribution is 2.24. The SMILES string of the molecule is CC1(C)C[C@@H](NC(=O)CCc2nc(-c3ccncc3)no2)CCO1. The van der Waals surface area contributed by atoms with Gasteiger partial charge in [0.25, 0.3) is 0 Å². The summed E-state index contributed by atoms with van der Waals surface area (Å²) < 4.78 is 10.9. The highest BCUT2D eigenvalue weighted by atomic mass is 16.5. The summed E-state index contributed by atoms with van der Waals surface area (Å²) in [4.78, 5) is 20.4. The smallest absolute Gasteiger partial charge is 0.227 e. The van der Waals surface area contributed by atoms with Crippen LogP contribution >= 0.6 is 0 Å². The van der Waals surface area contributed by atoms with Gasteiger partial charge < -0.3 is 14.6 Å². The van der Waals surface area contributed by atoms with Crippen LogP contribution in [0.4, 0.5) is 0 Å². The van der Waals surface area contributed by atoms with Crippen molar-refractivity contribution in [3.8, 4) is 11.4 Å². The number of rotatable bonds is 5. The van der Waals surface area contributed by atoms with E-state index in [1.54, 1.807) is 12.4 Å². The number of pyridine rings is 1. The molecular formula is C17H22N4O3. The average Bonchev–Trinajstić information content (AvgIpc) is 3.02. The van der Waals surface area contributed by atoms with Crippen LogP contribution in [0.3, 0.4) is 0 Å². The molecule has 1 saturated heterocycles. The Morgan fingerprint density at radius 2 is 2.17 bits per heavy atom. The molecule has 1 atom stereocenters. The third kappa shape index (κ3) is 4.38. The summed E-state index contributed by atoms with van der Waals surface area (Å²) in [6.07, 6.45) is 5.78. The van der Waals surface area contributed by atoms with E-state index in [4.69, 9.17) is 9.26 Å². The summed E-state index contributed by atoms with van der Waals surface area (Å²) in [5.74, 6) is 0.976. The molecule has 0 aliphatic carbocycles. The number of hydrogen-bond donors (Lipinski definition) is 1. The molecule has 24 heavy (non-hydrogen) atoms. The standard InChI is InChI=1S/C17H22N4O3/c1-17(2)11-13(7-10-23-17)19-14(22)3-4-15-20-16(21-24-15)12-5-8-18-9-6-12/h5-6,8-9,13H,3-4,7,10-11H2,1-2H3,(H,19,22)/t13-/m0/s1. The molecule has 1 aliphatic heterocycles. The Bertz CT molecular complexity index is 684. The van der Waals surface area contributed by atoms with E-state index >= 15 is 0 Å². The van der Waals surface area contributed by atoms with Gasteiger partial charge in [-0.1, -0.05) is 5.16 Å². The summed E-state index contributed by atoms with van der Waals surface area (Å²) in [5.41, 5.74) is 0.663. The van der Waals surface area contributed by atoms with E-state index < -0.39 is 0 Å². The molecule has 7 heteroatoms. The van der Waals surface area contributed by atoms with Crippen molar-refractivity contribution in [2.75, 3.05) is 6.61 Å². The van der Waals surface area contributed by atoms with Crippen molar-refractivity contribution in [1.29, 1.82) is 0 Å². The number of amides is 1. The molecule has 128 valence electrons. The lowest BCUT2D eigenvalue weighted by Crippen LogP contribution is -2.45. The monoisotopic (exact) mass is 330 g/mol. The molecule has 0 spiro atoms. The van der Waals surface area contributed by atoms with Gasteiger partial charge in [0.1, 0.15) is 0 Å². The first-order valence-electron chi connectivity index (χ1n) is 8.18. The Kier molecular flexibility index (Phi) is 4.89. The summed E-state index contributed by atoms with van der Waals surface area (Å²) in [6.45, 7) is 4.77. The molecule has 2 aromatic rings. The zero-order valence-corrected chi connectivity index (χ0v) is 14.0. The van der Waals surface area contributed by atoms with Crippen molar-refractivity contribution in [1.82, 2.24) is 20.4 Å². The van der Waals surface area contributed by atoms with Gasteiger partial charge in [0.05, 0.1) is 5.60 Å². The predicted octanol–water partition coefficient (Wildman–Crippen LogP) is 2.14. The van der Waals surface area contributed by atoms with Crippen LogP contribution in [0.5, 0.6) is 0 Å². The Balaban J connectivity index is 1.49. The van der Waals surface area contributed by atoms with E-state index in [2.05, 4.69) is 20.4 Å². The minimum absolute atomic E-state index is 0.00126. The molecule has 3 heterocycles. The van der Waals surface area contributed by atoms with Crippen LogP contribution in [-0.4, -0.2) is 39.3 Å². The number of carbonyl (C=O) groups is 1. The van der Waals surface area contributed by atoms with Crippen molar-refractivity contribution in [2.45, 2.75) is 51.2 Å². The second kappa shape index (κ2) is 7.09. The van der Waals surface area contributed by atoms with Crippen LogP contribution in [0.15, 0.2) is 29.0 Å². The van der Waals surface area contributed by atoms with Gasteiger partial charge in [0.15, 0.2) is 0 Å². The number of carbonyl (C=O) groups excluding carboxylic acids is 1. The second-order valence-corrected chi connectivity index (χ2v) is 6.61. The molecule has 1 fully saturated rings. The van der Waals surface area contributed by atoms with Gasteiger partial charge in [-0.15, -0.1) is 0 Å². The van der Waals surface area contributed by atoms with Crippen LogP contribution in [0.1, 0.15) is 39.0 Å². The minimum Gasteiger partial charge on any atom is -0.375 e. The van der Waals surface area contributed by atoms with Crippen molar-refractivity contribution < 1.29 is 14.1 Å². The van der Waals surface area contributed by atoms with Crippen LogP contribution in [0.25, 0.3) is 11.4 Å². The van der Waals surface area contributed by atoms with Gasteiger partial charge >= 0.3 is 0 Å². The molecule has 0 bridgehead atoms. The Labute approximate surface area is 140 Å². The van der Waals surface area contributed by atoms with Crippen LogP contribution in [-0.2, 0) is 16.0 Å².